The number of aliphatic hydroxyl groups excluding tert-OH is 1. The fourth-order valence-corrected chi connectivity index (χ4v) is 4.60. The summed E-state index contributed by atoms with van der Waals surface area (Å²) in [5.74, 6) is 4.54. The third-order valence-electron chi connectivity index (χ3n) is 5.42. The topological polar surface area (TPSA) is 20.2 Å². The van der Waals surface area contributed by atoms with Gasteiger partial charge in [0.05, 0.1) is 6.10 Å². The van der Waals surface area contributed by atoms with Gasteiger partial charge in [-0.1, -0.05) is 13.3 Å². The van der Waals surface area contributed by atoms with Crippen LogP contribution in [0.2, 0.25) is 0 Å². The first-order valence-corrected chi connectivity index (χ1v) is 6.43. The Morgan fingerprint density at radius 2 is 1.79 bits per heavy atom. The van der Waals surface area contributed by atoms with E-state index in [9.17, 15) is 5.11 Å². The van der Waals surface area contributed by atoms with Gasteiger partial charge in [0.25, 0.3) is 0 Å². The minimum absolute atomic E-state index is 0.0131. The van der Waals surface area contributed by atoms with Crippen LogP contribution in [0, 0.1) is 29.6 Å². The van der Waals surface area contributed by atoms with Crippen molar-refractivity contribution in [2.45, 2.75) is 51.6 Å². The van der Waals surface area contributed by atoms with Crippen LogP contribution in [0.4, 0.5) is 0 Å². The van der Waals surface area contributed by atoms with Crippen molar-refractivity contribution in [1.82, 2.24) is 0 Å². The molecular weight excluding hydrogens is 172 g/mol. The van der Waals surface area contributed by atoms with Crippen LogP contribution in [0.1, 0.15) is 45.4 Å². The highest BCUT2D eigenvalue weighted by atomic mass is 16.3. The van der Waals surface area contributed by atoms with Crippen LogP contribution in [0.3, 0.4) is 0 Å². The average Bonchev–Trinajstić information content (AvgIpc) is 2.84. The molecule has 1 heteroatoms. The SMILES string of the molecule is CC1C(O)CCC1C1CC2CCC1C2. The molecule has 0 aromatic carbocycles. The van der Waals surface area contributed by atoms with Gasteiger partial charge in [0.15, 0.2) is 0 Å². The number of aliphatic hydroxyl groups is 1. The van der Waals surface area contributed by atoms with Crippen molar-refractivity contribution < 1.29 is 5.11 Å². The first-order valence-electron chi connectivity index (χ1n) is 6.43. The number of hydrogen-bond acceptors (Lipinski definition) is 1. The highest BCUT2D eigenvalue weighted by molar-refractivity contribution is 4.97. The van der Waals surface area contributed by atoms with Crippen LogP contribution in [-0.2, 0) is 0 Å². The van der Waals surface area contributed by atoms with Gasteiger partial charge in [-0.2, -0.15) is 0 Å². The predicted molar refractivity (Wildman–Crippen MR) is 56.8 cm³/mol. The van der Waals surface area contributed by atoms with Crippen molar-refractivity contribution in [3.8, 4) is 0 Å². The minimum atomic E-state index is 0.0131. The Balaban J connectivity index is 1.71. The summed E-state index contributed by atoms with van der Waals surface area (Å²) < 4.78 is 0. The molecule has 0 radical (unpaired) electrons. The van der Waals surface area contributed by atoms with Gasteiger partial charge in [-0.25, -0.2) is 0 Å². The van der Waals surface area contributed by atoms with E-state index in [2.05, 4.69) is 6.92 Å². The maximum Gasteiger partial charge on any atom is 0.0568 e. The second kappa shape index (κ2) is 3.23. The summed E-state index contributed by atoms with van der Waals surface area (Å²) in [5, 5.41) is 9.80. The second-order valence-electron chi connectivity index (χ2n) is 6.01. The van der Waals surface area contributed by atoms with E-state index in [4.69, 9.17) is 0 Å². The fourth-order valence-electron chi connectivity index (χ4n) is 4.60. The van der Waals surface area contributed by atoms with Crippen molar-refractivity contribution in [3.05, 3.63) is 0 Å². The van der Waals surface area contributed by atoms with Crippen LogP contribution < -0.4 is 0 Å². The van der Waals surface area contributed by atoms with E-state index in [1.54, 1.807) is 0 Å². The summed E-state index contributed by atoms with van der Waals surface area (Å²) in [5.41, 5.74) is 0. The normalized spacial score (nSPS) is 57.0. The molecule has 80 valence electrons. The summed E-state index contributed by atoms with van der Waals surface area (Å²) in [6.45, 7) is 2.27. The molecular formula is C13H22O. The van der Waals surface area contributed by atoms with Gasteiger partial charge < -0.3 is 5.11 Å². The molecule has 6 unspecified atom stereocenters. The lowest BCUT2D eigenvalue weighted by Crippen LogP contribution is -2.26. The second-order valence-corrected chi connectivity index (χ2v) is 6.01. The van der Waals surface area contributed by atoms with E-state index < -0.39 is 0 Å². The number of fused-ring (bicyclic) bond motifs is 2. The highest BCUT2D eigenvalue weighted by Crippen LogP contribution is 2.55. The Hall–Kier alpha value is -0.0400. The largest absolute Gasteiger partial charge is 0.393 e. The molecule has 3 saturated carbocycles. The van der Waals surface area contributed by atoms with Gasteiger partial charge in [-0.3, -0.25) is 0 Å². The molecule has 2 bridgehead atoms. The van der Waals surface area contributed by atoms with Crippen LogP contribution in [-0.4, -0.2) is 11.2 Å². The zero-order valence-electron chi connectivity index (χ0n) is 9.15. The van der Waals surface area contributed by atoms with Crippen LogP contribution in [0.15, 0.2) is 0 Å². The van der Waals surface area contributed by atoms with E-state index in [-0.39, 0.29) is 6.10 Å². The molecule has 0 aromatic heterocycles. The molecule has 6 atom stereocenters. The summed E-state index contributed by atoms with van der Waals surface area (Å²) >= 11 is 0. The summed E-state index contributed by atoms with van der Waals surface area (Å²) in [7, 11) is 0. The lowest BCUT2D eigenvalue weighted by atomic mass is 9.75. The van der Waals surface area contributed by atoms with Crippen LogP contribution >= 0.6 is 0 Å². The maximum absolute atomic E-state index is 9.80. The summed E-state index contributed by atoms with van der Waals surface area (Å²) in [4.78, 5) is 0. The molecule has 1 nitrogen and oxygen atoms in total. The number of rotatable bonds is 1. The van der Waals surface area contributed by atoms with E-state index >= 15 is 0 Å². The Bertz CT molecular complexity index is 223. The van der Waals surface area contributed by atoms with Gasteiger partial charge >= 0.3 is 0 Å². The molecule has 0 aromatic rings. The Morgan fingerprint density at radius 1 is 0.929 bits per heavy atom. The molecule has 0 heterocycles. The summed E-state index contributed by atoms with van der Waals surface area (Å²) in [6.07, 6.45) is 8.39. The molecule has 3 aliphatic rings. The van der Waals surface area contributed by atoms with E-state index in [1.807, 2.05) is 0 Å². The monoisotopic (exact) mass is 194 g/mol. The fraction of sp³-hybridized carbons (Fsp3) is 1.00. The third-order valence-corrected chi connectivity index (χ3v) is 5.42. The molecule has 3 aliphatic carbocycles. The van der Waals surface area contributed by atoms with Gasteiger partial charge in [-0.15, -0.1) is 0 Å². The molecule has 0 amide bonds. The van der Waals surface area contributed by atoms with Crippen molar-refractivity contribution in [3.63, 3.8) is 0 Å². The Morgan fingerprint density at radius 3 is 2.29 bits per heavy atom. The van der Waals surface area contributed by atoms with Crippen LogP contribution in [0.5, 0.6) is 0 Å². The molecule has 0 aliphatic heterocycles. The Kier molecular flexibility index (Phi) is 2.12. The van der Waals surface area contributed by atoms with Crippen molar-refractivity contribution >= 4 is 0 Å². The standard InChI is InChI=1S/C13H22O/c1-8-11(4-5-13(8)14)12-7-9-2-3-10(12)6-9/h8-14H,2-7H2,1H3. The molecule has 1 N–H and O–H groups in total. The van der Waals surface area contributed by atoms with Crippen molar-refractivity contribution in [1.29, 1.82) is 0 Å². The van der Waals surface area contributed by atoms with Crippen molar-refractivity contribution in [2.24, 2.45) is 29.6 Å². The molecule has 14 heavy (non-hydrogen) atoms. The third kappa shape index (κ3) is 1.25. The van der Waals surface area contributed by atoms with Crippen molar-refractivity contribution in [2.75, 3.05) is 0 Å². The molecule has 0 spiro atoms. The van der Waals surface area contributed by atoms with Gasteiger partial charge in [0.2, 0.25) is 0 Å². The predicted octanol–water partition coefficient (Wildman–Crippen LogP) is 2.83. The van der Waals surface area contributed by atoms with E-state index in [0.29, 0.717) is 5.92 Å². The lowest BCUT2D eigenvalue weighted by Gasteiger charge is -2.31. The van der Waals surface area contributed by atoms with Crippen LogP contribution in [0.25, 0.3) is 0 Å². The minimum Gasteiger partial charge on any atom is -0.393 e. The molecule has 3 fully saturated rings. The first-order chi connectivity index (χ1) is 6.75. The van der Waals surface area contributed by atoms with Gasteiger partial charge in [0, 0.05) is 0 Å². The van der Waals surface area contributed by atoms with E-state index in [0.717, 1.165) is 30.1 Å². The quantitative estimate of drug-likeness (QED) is 0.680. The first kappa shape index (κ1) is 9.21. The Labute approximate surface area is 86.9 Å². The molecule has 3 rings (SSSR count). The van der Waals surface area contributed by atoms with E-state index in [1.165, 1.54) is 32.1 Å². The highest BCUT2D eigenvalue weighted by Gasteiger charge is 2.47. The summed E-state index contributed by atoms with van der Waals surface area (Å²) in [6, 6.07) is 0. The zero-order chi connectivity index (χ0) is 9.71. The van der Waals surface area contributed by atoms with Gasteiger partial charge in [0.1, 0.15) is 0 Å². The average molecular weight is 194 g/mol. The lowest BCUT2D eigenvalue weighted by molar-refractivity contribution is 0.100. The smallest absolute Gasteiger partial charge is 0.0568 e. The zero-order valence-corrected chi connectivity index (χ0v) is 9.15. The van der Waals surface area contributed by atoms with Gasteiger partial charge in [-0.05, 0) is 61.7 Å². The molecule has 0 saturated heterocycles. The number of hydrogen-bond donors (Lipinski definition) is 1. The maximum atomic E-state index is 9.80.